The normalized spacial score (nSPS) is 10.5. The summed E-state index contributed by atoms with van der Waals surface area (Å²) < 4.78 is 1.73. The van der Waals surface area contributed by atoms with Crippen molar-refractivity contribution in [2.75, 3.05) is 11.9 Å². The van der Waals surface area contributed by atoms with Crippen molar-refractivity contribution in [1.82, 2.24) is 19.5 Å². The number of imidazole rings is 1. The van der Waals surface area contributed by atoms with E-state index in [1.54, 1.807) is 4.57 Å². The molecule has 0 saturated carbocycles. The Kier molecular flexibility index (Phi) is 4.29. The van der Waals surface area contributed by atoms with Gasteiger partial charge in [-0.15, -0.1) is 0 Å². The first-order valence-electron chi connectivity index (χ1n) is 6.42. The molecule has 2 rings (SSSR count). The summed E-state index contributed by atoms with van der Waals surface area (Å²) in [4.78, 5) is 23.1. The molecule has 0 radical (unpaired) electrons. The van der Waals surface area contributed by atoms with Gasteiger partial charge in [0.2, 0.25) is 0 Å². The van der Waals surface area contributed by atoms with E-state index in [0.717, 1.165) is 23.8 Å². The lowest BCUT2D eigenvalue weighted by atomic mass is 10.3. The van der Waals surface area contributed by atoms with Gasteiger partial charge in [-0.2, -0.15) is 0 Å². The van der Waals surface area contributed by atoms with Gasteiger partial charge in [-0.3, -0.25) is 0 Å². The molecule has 0 fully saturated rings. The highest BCUT2D eigenvalue weighted by molar-refractivity contribution is 5.84. The maximum Gasteiger partial charge on any atom is 0.356 e. The highest BCUT2D eigenvalue weighted by Crippen LogP contribution is 2.07. The Morgan fingerprint density at radius 1 is 1.45 bits per heavy atom. The fraction of sp³-hybridized carbons (Fsp3) is 0.385. The van der Waals surface area contributed by atoms with E-state index in [1.165, 1.54) is 12.5 Å². The molecule has 0 bridgehead atoms. The van der Waals surface area contributed by atoms with Crippen molar-refractivity contribution in [3.8, 4) is 0 Å². The summed E-state index contributed by atoms with van der Waals surface area (Å²) in [5.74, 6) is 0.506. The number of aromatic carboxylic acids is 1. The maximum atomic E-state index is 10.7. The number of hydrogen-bond donors (Lipinski definition) is 2. The van der Waals surface area contributed by atoms with Crippen LogP contribution in [0.15, 0.2) is 18.6 Å². The van der Waals surface area contributed by atoms with Crippen LogP contribution >= 0.6 is 0 Å². The number of aromatic nitrogens is 4. The van der Waals surface area contributed by atoms with Crippen LogP contribution in [0.2, 0.25) is 0 Å². The molecule has 20 heavy (non-hydrogen) atoms. The van der Waals surface area contributed by atoms with Crippen molar-refractivity contribution in [2.24, 2.45) is 0 Å². The standard InChI is InChI=1S/C13H17N5O2/c1-3-10-6-12(17-9(2)16-10)14-4-5-18-7-11(13(19)20)15-8-18/h6-8H,3-5H2,1-2H3,(H,19,20)(H,14,16,17). The second-order valence-electron chi connectivity index (χ2n) is 4.37. The van der Waals surface area contributed by atoms with Gasteiger partial charge in [-0.05, 0) is 13.3 Å². The molecule has 0 aliphatic rings. The van der Waals surface area contributed by atoms with Gasteiger partial charge in [0.15, 0.2) is 5.69 Å². The van der Waals surface area contributed by atoms with Gasteiger partial charge in [-0.25, -0.2) is 19.7 Å². The summed E-state index contributed by atoms with van der Waals surface area (Å²) in [6.45, 7) is 5.16. The van der Waals surface area contributed by atoms with E-state index in [1.807, 2.05) is 19.9 Å². The van der Waals surface area contributed by atoms with Gasteiger partial charge < -0.3 is 15.0 Å². The number of hydrogen-bond acceptors (Lipinski definition) is 5. The van der Waals surface area contributed by atoms with Crippen LogP contribution in [-0.2, 0) is 13.0 Å². The Morgan fingerprint density at radius 2 is 2.25 bits per heavy atom. The zero-order valence-electron chi connectivity index (χ0n) is 11.5. The fourth-order valence-electron chi connectivity index (χ4n) is 1.81. The third-order valence-corrected chi connectivity index (χ3v) is 2.78. The molecule has 2 aromatic heterocycles. The van der Waals surface area contributed by atoms with Crippen molar-refractivity contribution in [3.63, 3.8) is 0 Å². The largest absolute Gasteiger partial charge is 0.476 e. The first-order chi connectivity index (χ1) is 9.58. The third-order valence-electron chi connectivity index (χ3n) is 2.78. The summed E-state index contributed by atoms with van der Waals surface area (Å²) in [5, 5.41) is 12.0. The number of nitrogens with one attached hydrogen (secondary N) is 1. The lowest BCUT2D eigenvalue weighted by molar-refractivity contribution is 0.0691. The lowest BCUT2D eigenvalue weighted by Gasteiger charge is -2.08. The molecule has 0 aromatic carbocycles. The molecule has 0 amide bonds. The zero-order chi connectivity index (χ0) is 14.5. The molecule has 0 aliphatic carbocycles. The summed E-state index contributed by atoms with van der Waals surface area (Å²) in [6.07, 6.45) is 3.88. The van der Waals surface area contributed by atoms with Gasteiger partial charge in [-0.1, -0.05) is 6.92 Å². The quantitative estimate of drug-likeness (QED) is 0.826. The topological polar surface area (TPSA) is 92.9 Å². The highest BCUT2D eigenvalue weighted by atomic mass is 16.4. The summed E-state index contributed by atoms with van der Waals surface area (Å²) >= 11 is 0. The van der Waals surface area contributed by atoms with Crippen LogP contribution in [0.5, 0.6) is 0 Å². The molecule has 0 unspecified atom stereocenters. The monoisotopic (exact) mass is 275 g/mol. The summed E-state index contributed by atoms with van der Waals surface area (Å²) in [6, 6.07) is 1.92. The maximum absolute atomic E-state index is 10.7. The Labute approximate surface area is 116 Å². The van der Waals surface area contributed by atoms with Crippen molar-refractivity contribution in [1.29, 1.82) is 0 Å². The number of aryl methyl sites for hydroxylation is 2. The van der Waals surface area contributed by atoms with Crippen molar-refractivity contribution >= 4 is 11.8 Å². The first kappa shape index (κ1) is 14.0. The minimum atomic E-state index is -1.02. The zero-order valence-corrected chi connectivity index (χ0v) is 11.5. The number of carboxylic acids is 1. The smallest absolute Gasteiger partial charge is 0.356 e. The minimum absolute atomic E-state index is 0.0520. The molecule has 0 spiro atoms. The van der Waals surface area contributed by atoms with Crippen LogP contribution in [0.1, 0.15) is 28.9 Å². The average molecular weight is 275 g/mol. The number of nitrogens with zero attached hydrogens (tertiary/aromatic N) is 4. The van der Waals surface area contributed by atoms with Gasteiger partial charge in [0.1, 0.15) is 11.6 Å². The minimum Gasteiger partial charge on any atom is -0.476 e. The summed E-state index contributed by atoms with van der Waals surface area (Å²) in [7, 11) is 0. The van der Waals surface area contributed by atoms with Crippen LogP contribution in [0.25, 0.3) is 0 Å². The molecule has 2 heterocycles. The molecule has 0 saturated heterocycles. The van der Waals surface area contributed by atoms with E-state index in [9.17, 15) is 4.79 Å². The van der Waals surface area contributed by atoms with Gasteiger partial charge >= 0.3 is 5.97 Å². The van der Waals surface area contributed by atoms with Crippen molar-refractivity contribution in [2.45, 2.75) is 26.8 Å². The number of carbonyl (C=O) groups is 1. The molecule has 0 aliphatic heterocycles. The molecule has 106 valence electrons. The molecule has 7 nitrogen and oxygen atoms in total. The summed E-state index contributed by atoms with van der Waals surface area (Å²) in [5.41, 5.74) is 1.05. The molecule has 0 atom stereocenters. The first-order valence-corrected chi connectivity index (χ1v) is 6.42. The second-order valence-corrected chi connectivity index (χ2v) is 4.37. The number of rotatable bonds is 6. The van der Waals surface area contributed by atoms with E-state index in [-0.39, 0.29) is 5.69 Å². The van der Waals surface area contributed by atoms with Crippen molar-refractivity contribution < 1.29 is 9.90 Å². The molecule has 2 aromatic rings. The number of anilines is 1. The molecule has 2 N–H and O–H groups in total. The van der Waals surface area contributed by atoms with Crippen molar-refractivity contribution in [3.05, 3.63) is 35.8 Å². The Bertz CT molecular complexity index is 609. The van der Waals surface area contributed by atoms with E-state index >= 15 is 0 Å². The van der Waals surface area contributed by atoms with Gasteiger partial charge in [0.05, 0.1) is 6.33 Å². The molecule has 7 heteroatoms. The molecular formula is C13H17N5O2. The highest BCUT2D eigenvalue weighted by Gasteiger charge is 2.06. The fourth-order valence-corrected chi connectivity index (χ4v) is 1.81. The van der Waals surface area contributed by atoms with E-state index < -0.39 is 5.97 Å². The average Bonchev–Trinajstić information content (AvgIpc) is 2.87. The predicted octanol–water partition coefficient (Wildman–Crippen LogP) is 1.35. The lowest BCUT2D eigenvalue weighted by Crippen LogP contribution is -2.11. The number of carboxylic acid groups (broad SMARTS) is 1. The third kappa shape index (κ3) is 3.53. The van der Waals surface area contributed by atoms with Crippen LogP contribution in [0.3, 0.4) is 0 Å². The van der Waals surface area contributed by atoms with Crippen LogP contribution < -0.4 is 5.32 Å². The SMILES string of the molecule is CCc1cc(NCCn2cnc(C(=O)O)c2)nc(C)n1. The van der Waals surface area contributed by atoms with Gasteiger partial charge in [0.25, 0.3) is 0 Å². The Morgan fingerprint density at radius 3 is 2.90 bits per heavy atom. The second kappa shape index (κ2) is 6.14. The van der Waals surface area contributed by atoms with E-state index in [2.05, 4.69) is 20.3 Å². The predicted molar refractivity (Wildman–Crippen MR) is 73.8 cm³/mol. The van der Waals surface area contributed by atoms with Crippen LogP contribution in [-0.4, -0.2) is 37.1 Å². The Balaban J connectivity index is 1.92. The Hall–Kier alpha value is -2.44. The van der Waals surface area contributed by atoms with E-state index in [4.69, 9.17) is 5.11 Å². The van der Waals surface area contributed by atoms with Crippen LogP contribution in [0, 0.1) is 6.92 Å². The van der Waals surface area contributed by atoms with Crippen LogP contribution in [0.4, 0.5) is 5.82 Å². The van der Waals surface area contributed by atoms with Gasteiger partial charge in [0, 0.05) is 31.0 Å². The van der Waals surface area contributed by atoms with E-state index in [0.29, 0.717) is 13.1 Å². The molecular weight excluding hydrogens is 258 g/mol.